The van der Waals surface area contributed by atoms with Crippen molar-refractivity contribution in [2.45, 2.75) is 505 Å². The minimum Gasteiger partial charge on any atom is -0.465 e. The Morgan fingerprint density at radius 2 is 0.464 bits per heavy atom. The van der Waals surface area contributed by atoms with E-state index in [2.05, 4.69) is 91.4 Å². The smallest absolute Gasteiger partial charge is 0.333 e. The second-order valence-electron chi connectivity index (χ2n) is 34.5. The zero-order valence-electron chi connectivity index (χ0n) is 77.3. The fourth-order valence-electron chi connectivity index (χ4n) is 15.4. The van der Waals surface area contributed by atoms with Gasteiger partial charge >= 0.3 is 29.1 Å². The number of esters is 2. The molecule has 0 rings (SSSR count). The van der Waals surface area contributed by atoms with Gasteiger partial charge in [-0.05, 0) is 208 Å². The molecule has 0 saturated carbocycles. The predicted octanol–water partition coefficient (Wildman–Crippen LogP) is 28.2. The maximum Gasteiger partial charge on any atom is 0.333 e. The first-order chi connectivity index (χ1) is 54.7. The Balaban J connectivity index is 0. The Kier molecular flexibility index (Phi) is 90.1. The van der Waals surface area contributed by atoms with Gasteiger partial charge in [-0.15, -0.1) is 0 Å². The van der Waals surface area contributed by atoms with Gasteiger partial charge in [0.1, 0.15) is 12.6 Å². The van der Waals surface area contributed by atoms with E-state index in [0.29, 0.717) is 26.4 Å². The molecule has 672 valence electrons. The number of rotatable bonds is 92. The Morgan fingerprint density at radius 1 is 0.259 bits per heavy atom. The molecule has 0 aliphatic rings. The van der Waals surface area contributed by atoms with Crippen molar-refractivity contribution in [2.75, 3.05) is 92.1 Å². The van der Waals surface area contributed by atoms with Crippen molar-refractivity contribution in [2.24, 2.45) is 11.8 Å². The van der Waals surface area contributed by atoms with Gasteiger partial charge in [0.15, 0.2) is 0 Å². The summed E-state index contributed by atoms with van der Waals surface area (Å²) in [6.07, 6.45) is 76.7. The normalized spacial score (nSPS) is 13.1. The molecule has 112 heavy (non-hydrogen) atoms. The summed E-state index contributed by atoms with van der Waals surface area (Å²) in [7, 11) is -4.47. The summed E-state index contributed by atoms with van der Waals surface area (Å²) in [6.45, 7) is 37.5. The molecule has 0 aromatic rings. The third-order valence-corrected chi connectivity index (χ3v) is 26.0. The van der Waals surface area contributed by atoms with Gasteiger partial charge in [0.2, 0.25) is 0 Å². The summed E-state index contributed by atoms with van der Waals surface area (Å²) in [5.74, 6) is 0.313. The van der Waals surface area contributed by atoms with E-state index in [1.807, 2.05) is 0 Å². The van der Waals surface area contributed by atoms with Crippen LogP contribution in [-0.4, -0.2) is 154 Å². The SMILES string of the molecule is CCCCCCCCCCCC(OCC)O[Si](C)(C)OCCCCCCN(CCCCO)CCCCCCOC(=O)C(CCCCCC)CCCCCCCC.CCCCCCCCCCCC(OCC)O[Si](C)(C)OCCCCCCN(CCCCO)CCCCCCOC(=O)C(CCCCCC)CCCCCCCC. The molecule has 2 N–H and O–H groups in total. The summed E-state index contributed by atoms with van der Waals surface area (Å²) < 4.78 is 49.2. The summed E-state index contributed by atoms with van der Waals surface area (Å²) in [5, 5.41) is 18.7. The number of hydrogen-bond donors (Lipinski definition) is 2. The van der Waals surface area contributed by atoms with Crippen LogP contribution >= 0.6 is 0 Å². The van der Waals surface area contributed by atoms with Crippen LogP contribution in [0.15, 0.2) is 0 Å². The standard InChI is InChI=1S/2C48H99NO6Si/c2*1-7-11-14-17-19-20-21-23-30-39-47(52-10-4)55-56(5,6)54-45-36-27-25-32-41-49(42-33-34-43-50)40-31-24-26-35-44-53-48(51)46(37-28-16-13-9-3)38-29-22-18-15-12-8-2/h2*46-47,50H,7-45H2,1-6H3. The average Bonchev–Trinajstić information content (AvgIpc) is 0.909. The highest BCUT2D eigenvalue weighted by molar-refractivity contribution is 6.64. The average molecular weight is 1630 g/mol. The summed E-state index contributed by atoms with van der Waals surface area (Å²) in [5.41, 5.74) is 0. The predicted molar refractivity (Wildman–Crippen MR) is 485 cm³/mol. The van der Waals surface area contributed by atoms with Gasteiger partial charge in [-0.1, -0.05) is 324 Å². The van der Waals surface area contributed by atoms with E-state index in [-0.39, 0.29) is 49.6 Å². The second-order valence-corrected chi connectivity index (χ2v) is 41.1. The summed E-state index contributed by atoms with van der Waals surface area (Å²) in [6, 6.07) is 0. The maximum absolute atomic E-state index is 13.0. The van der Waals surface area contributed by atoms with E-state index in [0.717, 1.165) is 194 Å². The largest absolute Gasteiger partial charge is 0.465 e. The third kappa shape index (κ3) is 81.3. The van der Waals surface area contributed by atoms with Crippen LogP contribution in [0.2, 0.25) is 26.2 Å². The molecule has 0 fully saturated rings. The third-order valence-electron chi connectivity index (χ3n) is 22.5. The molecule has 4 atom stereocenters. The van der Waals surface area contributed by atoms with Crippen LogP contribution < -0.4 is 0 Å². The highest BCUT2D eigenvalue weighted by atomic mass is 28.4. The molecule has 14 nitrogen and oxygen atoms in total. The molecule has 0 amide bonds. The van der Waals surface area contributed by atoms with E-state index < -0.39 is 17.1 Å². The first kappa shape index (κ1) is 113. The van der Waals surface area contributed by atoms with Crippen LogP contribution in [0.5, 0.6) is 0 Å². The summed E-state index contributed by atoms with van der Waals surface area (Å²) in [4.78, 5) is 31.2. The zero-order valence-corrected chi connectivity index (χ0v) is 79.3. The zero-order chi connectivity index (χ0) is 82.4. The van der Waals surface area contributed by atoms with Gasteiger partial charge in [0.05, 0.1) is 25.0 Å². The number of carbonyl (C=O) groups excluding carboxylic acids is 2. The van der Waals surface area contributed by atoms with Crippen molar-refractivity contribution in [3.63, 3.8) is 0 Å². The number of unbranched alkanes of at least 4 members (excludes halogenated alkanes) is 46. The molecule has 0 aliphatic carbocycles. The van der Waals surface area contributed by atoms with Gasteiger partial charge in [0, 0.05) is 39.6 Å². The van der Waals surface area contributed by atoms with Crippen LogP contribution in [0.3, 0.4) is 0 Å². The molecule has 16 heteroatoms. The van der Waals surface area contributed by atoms with E-state index in [9.17, 15) is 19.8 Å². The van der Waals surface area contributed by atoms with Crippen LogP contribution in [-0.2, 0) is 46.2 Å². The van der Waals surface area contributed by atoms with Crippen molar-refractivity contribution < 1.29 is 56.5 Å². The molecule has 0 radical (unpaired) electrons. The minimum absolute atomic E-state index is 0.0607. The van der Waals surface area contributed by atoms with Crippen LogP contribution in [0.4, 0.5) is 0 Å². The molecular weight excluding hydrogens is 1430 g/mol. The van der Waals surface area contributed by atoms with Gasteiger partial charge in [0.25, 0.3) is 0 Å². The fourth-order valence-corrected chi connectivity index (χ4v) is 18.4. The molecule has 0 spiro atoms. The van der Waals surface area contributed by atoms with Crippen molar-refractivity contribution in [3.8, 4) is 0 Å². The molecule has 0 saturated heterocycles. The van der Waals surface area contributed by atoms with Gasteiger partial charge in [-0.25, -0.2) is 0 Å². The van der Waals surface area contributed by atoms with E-state index in [4.69, 9.17) is 36.7 Å². The van der Waals surface area contributed by atoms with Gasteiger partial charge < -0.3 is 56.7 Å². The highest BCUT2D eigenvalue weighted by Crippen LogP contribution is 2.26. The number of hydrogen-bond acceptors (Lipinski definition) is 14. The molecule has 0 aromatic carbocycles. The van der Waals surface area contributed by atoms with Crippen LogP contribution in [0.25, 0.3) is 0 Å². The first-order valence-corrected chi connectivity index (χ1v) is 55.2. The molecular formula is C96H198N2O12Si2. The van der Waals surface area contributed by atoms with Crippen molar-refractivity contribution in [3.05, 3.63) is 0 Å². The van der Waals surface area contributed by atoms with Crippen LogP contribution in [0, 0.1) is 11.8 Å². The Morgan fingerprint density at radius 3 is 0.714 bits per heavy atom. The highest BCUT2D eigenvalue weighted by Gasteiger charge is 2.31. The number of ether oxygens (including phenoxy) is 4. The molecule has 4 unspecified atom stereocenters. The monoisotopic (exact) mass is 1630 g/mol. The second kappa shape index (κ2) is 89.2. The lowest BCUT2D eigenvalue weighted by atomic mass is 9.94. The Hall–Kier alpha value is -1.03. The quantitative estimate of drug-likeness (QED) is 0.0257. The fraction of sp³-hybridized carbons (Fsp3) is 0.979. The first-order valence-electron chi connectivity index (χ1n) is 49.5. The van der Waals surface area contributed by atoms with Gasteiger partial charge in [-0.2, -0.15) is 0 Å². The van der Waals surface area contributed by atoms with Crippen molar-refractivity contribution in [1.29, 1.82) is 0 Å². The molecule has 0 aromatic heterocycles. The van der Waals surface area contributed by atoms with E-state index >= 15 is 0 Å². The topological polar surface area (TPSA) is 155 Å². The lowest BCUT2D eigenvalue weighted by Gasteiger charge is -2.29. The lowest BCUT2D eigenvalue weighted by Crippen LogP contribution is -2.40. The maximum atomic E-state index is 13.0. The lowest BCUT2D eigenvalue weighted by molar-refractivity contribution is -0.150. The summed E-state index contributed by atoms with van der Waals surface area (Å²) >= 11 is 0. The Bertz CT molecular complexity index is 1730. The molecule has 0 heterocycles. The van der Waals surface area contributed by atoms with Crippen molar-refractivity contribution >= 4 is 29.1 Å². The number of aliphatic hydroxyl groups is 2. The number of aliphatic hydroxyl groups excluding tert-OH is 2. The van der Waals surface area contributed by atoms with E-state index in [1.54, 1.807) is 0 Å². The molecule has 0 aliphatic heterocycles. The minimum atomic E-state index is -2.24. The van der Waals surface area contributed by atoms with E-state index in [1.165, 1.54) is 270 Å². The van der Waals surface area contributed by atoms with Crippen molar-refractivity contribution in [1.82, 2.24) is 9.80 Å². The molecule has 0 bridgehead atoms. The number of carbonyl (C=O) groups is 2. The Labute approximate surface area is 700 Å². The number of nitrogens with zero attached hydrogens (tertiary/aromatic N) is 2. The van der Waals surface area contributed by atoms with Crippen LogP contribution in [0.1, 0.15) is 466 Å². The van der Waals surface area contributed by atoms with Gasteiger partial charge in [-0.3, -0.25) is 9.59 Å².